The number of hydrogen-bond acceptors (Lipinski definition) is 2. The summed E-state index contributed by atoms with van der Waals surface area (Å²) in [6, 6.07) is 0. The zero-order valence-electron chi connectivity index (χ0n) is 15.9. The molecular formula is C20H42N2. The second-order valence-electron chi connectivity index (χ2n) is 7.91. The first-order valence-electron chi connectivity index (χ1n) is 9.99. The molecule has 2 heteroatoms. The molecule has 1 rings (SSSR count). The van der Waals surface area contributed by atoms with Crippen LogP contribution in [0.1, 0.15) is 78.1 Å². The largest absolute Gasteiger partial charge is 0.306 e. The first-order valence-corrected chi connectivity index (χ1v) is 9.99. The van der Waals surface area contributed by atoms with E-state index in [1.165, 1.54) is 90.4 Å². The van der Waals surface area contributed by atoms with Crippen LogP contribution in [-0.4, -0.2) is 50.1 Å². The van der Waals surface area contributed by atoms with Gasteiger partial charge in [-0.25, -0.2) is 0 Å². The molecule has 0 aliphatic carbocycles. The summed E-state index contributed by atoms with van der Waals surface area (Å²) in [4.78, 5) is 5.12. The molecule has 1 aliphatic heterocycles. The summed E-state index contributed by atoms with van der Waals surface area (Å²) >= 11 is 0. The van der Waals surface area contributed by atoms with Crippen molar-refractivity contribution in [3.8, 4) is 0 Å². The van der Waals surface area contributed by atoms with Crippen molar-refractivity contribution >= 4 is 0 Å². The van der Waals surface area contributed by atoms with Gasteiger partial charge in [-0.2, -0.15) is 0 Å². The minimum atomic E-state index is 0.902. The molecule has 0 bridgehead atoms. The van der Waals surface area contributed by atoms with E-state index in [1.54, 1.807) is 0 Å². The number of nitrogens with zero attached hydrogens (tertiary/aromatic N) is 2. The molecule has 0 saturated carbocycles. The average Bonchev–Trinajstić information content (AvgIpc) is 2.50. The van der Waals surface area contributed by atoms with Crippen molar-refractivity contribution in [2.75, 3.05) is 40.3 Å². The van der Waals surface area contributed by atoms with Crippen LogP contribution in [0.5, 0.6) is 0 Å². The Morgan fingerprint density at radius 1 is 0.682 bits per heavy atom. The lowest BCUT2D eigenvalue weighted by molar-refractivity contribution is 0.277. The van der Waals surface area contributed by atoms with E-state index in [0.29, 0.717) is 0 Å². The Morgan fingerprint density at radius 2 is 1.27 bits per heavy atom. The lowest BCUT2D eigenvalue weighted by Gasteiger charge is -2.21. The zero-order valence-corrected chi connectivity index (χ0v) is 15.9. The van der Waals surface area contributed by atoms with Crippen LogP contribution in [0.25, 0.3) is 0 Å². The van der Waals surface area contributed by atoms with E-state index in [0.717, 1.165) is 11.8 Å². The minimum Gasteiger partial charge on any atom is -0.306 e. The predicted octanol–water partition coefficient (Wildman–Crippen LogP) is 5.04. The van der Waals surface area contributed by atoms with Gasteiger partial charge in [-0.15, -0.1) is 0 Å². The fourth-order valence-electron chi connectivity index (χ4n) is 3.71. The van der Waals surface area contributed by atoms with Gasteiger partial charge in [0.2, 0.25) is 0 Å². The van der Waals surface area contributed by atoms with E-state index >= 15 is 0 Å². The molecule has 1 saturated heterocycles. The van der Waals surface area contributed by atoms with Gasteiger partial charge in [0.25, 0.3) is 0 Å². The molecule has 1 heterocycles. The van der Waals surface area contributed by atoms with Crippen molar-refractivity contribution in [3.63, 3.8) is 0 Å². The molecule has 0 aromatic rings. The van der Waals surface area contributed by atoms with Gasteiger partial charge in [-0.1, -0.05) is 39.5 Å². The normalized spacial score (nSPS) is 30.0. The Kier molecular flexibility index (Phi) is 11.2. The summed E-state index contributed by atoms with van der Waals surface area (Å²) in [5, 5.41) is 0. The van der Waals surface area contributed by atoms with Crippen LogP contribution in [0.4, 0.5) is 0 Å². The average molecular weight is 311 g/mol. The van der Waals surface area contributed by atoms with Crippen LogP contribution in [0, 0.1) is 11.8 Å². The van der Waals surface area contributed by atoms with Gasteiger partial charge < -0.3 is 9.80 Å². The Balaban J connectivity index is 2.39. The molecular weight excluding hydrogens is 268 g/mol. The van der Waals surface area contributed by atoms with Crippen LogP contribution in [0.3, 0.4) is 0 Å². The second kappa shape index (κ2) is 12.4. The highest BCUT2D eigenvalue weighted by Crippen LogP contribution is 2.19. The molecule has 1 aliphatic rings. The van der Waals surface area contributed by atoms with Gasteiger partial charge in [0.15, 0.2) is 0 Å². The third-order valence-corrected chi connectivity index (χ3v) is 5.62. The predicted molar refractivity (Wildman–Crippen MR) is 99.5 cm³/mol. The molecule has 0 aromatic carbocycles. The summed E-state index contributed by atoms with van der Waals surface area (Å²) in [6.07, 6.45) is 14.1. The second-order valence-corrected chi connectivity index (χ2v) is 7.91. The van der Waals surface area contributed by atoms with Crippen LogP contribution >= 0.6 is 0 Å². The highest BCUT2D eigenvalue weighted by molar-refractivity contribution is 4.64. The molecule has 0 amide bonds. The smallest absolute Gasteiger partial charge is 0.00192 e. The summed E-state index contributed by atoms with van der Waals surface area (Å²) in [5.74, 6) is 1.86. The topological polar surface area (TPSA) is 6.48 Å². The standard InChI is InChI=1S/C20H42N2/c1-5-20-12-9-16-21(3)15-8-6-7-11-19(2)14-18-22(4)17-10-13-20/h19-20H,5-18H2,1-4H3. The van der Waals surface area contributed by atoms with E-state index < -0.39 is 0 Å². The van der Waals surface area contributed by atoms with Crippen LogP contribution in [0.2, 0.25) is 0 Å². The maximum absolute atomic E-state index is 2.56. The van der Waals surface area contributed by atoms with E-state index in [-0.39, 0.29) is 0 Å². The lowest BCUT2D eigenvalue weighted by Crippen LogP contribution is -2.23. The molecule has 2 unspecified atom stereocenters. The Hall–Kier alpha value is -0.0800. The maximum Gasteiger partial charge on any atom is -0.00192 e. The first kappa shape index (κ1) is 20.0. The Labute approximate surface area is 140 Å². The lowest BCUT2D eigenvalue weighted by atomic mass is 9.94. The van der Waals surface area contributed by atoms with E-state index in [9.17, 15) is 0 Å². The van der Waals surface area contributed by atoms with E-state index in [1.807, 2.05) is 0 Å². The van der Waals surface area contributed by atoms with Gasteiger partial charge in [-0.05, 0) is 90.6 Å². The van der Waals surface area contributed by atoms with Gasteiger partial charge in [-0.3, -0.25) is 0 Å². The number of rotatable bonds is 1. The molecule has 22 heavy (non-hydrogen) atoms. The summed E-state index contributed by atoms with van der Waals surface area (Å²) in [5.41, 5.74) is 0. The molecule has 2 atom stereocenters. The van der Waals surface area contributed by atoms with Gasteiger partial charge in [0.05, 0.1) is 0 Å². The molecule has 0 spiro atoms. The first-order chi connectivity index (χ1) is 10.6. The van der Waals surface area contributed by atoms with Crippen molar-refractivity contribution in [1.82, 2.24) is 9.80 Å². The monoisotopic (exact) mass is 310 g/mol. The minimum absolute atomic E-state index is 0.902. The SMILES string of the molecule is CCC1CCCN(C)CCCCCC(C)CCN(C)CCC1. The van der Waals surface area contributed by atoms with Crippen molar-refractivity contribution < 1.29 is 0 Å². The van der Waals surface area contributed by atoms with Crippen molar-refractivity contribution in [3.05, 3.63) is 0 Å². The molecule has 0 N–H and O–H groups in total. The fourth-order valence-corrected chi connectivity index (χ4v) is 3.71. The van der Waals surface area contributed by atoms with Crippen molar-refractivity contribution in [2.45, 2.75) is 78.1 Å². The third kappa shape index (κ3) is 9.84. The van der Waals surface area contributed by atoms with Gasteiger partial charge in [0.1, 0.15) is 0 Å². The molecule has 2 nitrogen and oxygen atoms in total. The summed E-state index contributed by atoms with van der Waals surface area (Å²) in [6.45, 7) is 10.0. The summed E-state index contributed by atoms with van der Waals surface area (Å²) in [7, 11) is 4.63. The van der Waals surface area contributed by atoms with Gasteiger partial charge >= 0.3 is 0 Å². The Morgan fingerprint density at radius 3 is 1.91 bits per heavy atom. The van der Waals surface area contributed by atoms with Crippen molar-refractivity contribution in [2.24, 2.45) is 11.8 Å². The Bertz CT molecular complexity index is 254. The highest BCUT2D eigenvalue weighted by atomic mass is 15.1. The molecule has 0 radical (unpaired) electrons. The van der Waals surface area contributed by atoms with Crippen molar-refractivity contribution in [1.29, 1.82) is 0 Å². The van der Waals surface area contributed by atoms with Gasteiger partial charge in [0, 0.05) is 0 Å². The third-order valence-electron chi connectivity index (χ3n) is 5.62. The summed E-state index contributed by atoms with van der Waals surface area (Å²) < 4.78 is 0. The van der Waals surface area contributed by atoms with E-state index in [2.05, 4.69) is 37.7 Å². The molecule has 1 fully saturated rings. The zero-order chi connectivity index (χ0) is 16.2. The van der Waals surface area contributed by atoms with E-state index in [4.69, 9.17) is 0 Å². The van der Waals surface area contributed by atoms with Crippen LogP contribution < -0.4 is 0 Å². The van der Waals surface area contributed by atoms with Crippen LogP contribution in [0.15, 0.2) is 0 Å². The maximum atomic E-state index is 2.56. The highest BCUT2D eigenvalue weighted by Gasteiger charge is 2.10. The molecule has 132 valence electrons. The number of hydrogen-bond donors (Lipinski definition) is 0. The molecule has 0 aromatic heterocycles. The quantitative estimate of drug-likeness (QED) is 0.669. The fraction of sp³-hybridized carbons (Fsp3) is 1.00. The van der Waals surface area contributed by atoms with Crippen LogP contribution in [-0.2, 0) is 0 Å².